The van der Waals surface area contributed by atoms with Crippen LogP contribution in [-0.2, 0) is 18.4 Å². The van der Waals surface area contributed by atoms with Crippen LogP contribution >= 0.6 is 15.9 Å². The van der Waals surface area contributed by atoms with Gasteiger partial charge < -0.3 is 47.9 Å². The number of fused-ring (bicyclic) bond motifs is 1. The van der Waals surface area contributed by atoms with E-state index in [2.05, 4.69) is 46.5 Å². The minimum Gasteiger partial charge on any atom is -1.00 e. The van der Waals surface area contributed by atoms with Crippen LogP contribution in [0.4, 0.5) is 27.5 Å². The lowest BCUT2D eigenvalue weighted by Gasteiger charge is -2.28. The molecule has 3 aromatic heterocycles. The maximum atomic E-state index is 14.0. The monoisotopic (exact) mass is 706 g/mol. The number of amides is 2. The zero-order valence-corrected chi connectivity index (χ0v) is 25.7. The fourth-order valence-corrected chi connectivity index (χ4v) is 4.23. The number of pyridine rings is 1. The van der Waals surface area contributed by atoms with Gasteiger partial charge in [0.2, 0.25) is 5.91 Å². The van der Waals surface area contributed by atoms with Gasteiger partial charge >= 0.3 is 17.5 Å². The van der Waals surface area contributed by atoms with Gasteiger partial charge in [0.1, 0.15) is 30.3 Å². The Morgan fingerprint density at radius 3 is 2.64 bits per heavy atom. The van der Waals surface area contributed by atoms with Crippen LogP contribution in [0, 0.1) is 15.9 Å². The molecule has 0 radical (unpaired) electrons. The van der Waals surface area contributed by atoms with Gasteiger partial charge in [0.25, 0.3) is 0 Å². The fraction of sp³-hybridized carbons (Fsp3) is 0.200. The molecular formula is C25H25Br2FN10O4. The van der Waals surface area contributed by atoms with Crippen LogP contribution in [0.15, 0.2) is 53.4 Å². The number of nitro groups is 1. The molecule has 0 saturated heterocycles. The van der Waals surface area contributed by atoms with E-state index < -0.39 is 28.4 Å². The molecule has 0 aliphatic heterocycles. The summed E-state index contributed by atoms with van der Waals surface area (Å²) < 4.78 is 15.8. The predicted octanol–water partition coefficient (Wildman–Crippen LogP) is 0.186. The Morgan fingerprint density at radius 1 is 1.24 bits per heavy atom. The summed E-state index contributed by atoms with van der Waals surface area (Å²) in [4.78, 5) is 51.4. The van der Waals surface area contributed by atoms with Crippen molar-refractivity contribution < 1.29 is 40.4 Å². The maximum Gasteiger partial charge on any atom is 0.391 e. The molecular weight excluding hydrogens is 683 g/mol. The molecule has 17 heteroatoms. The Bertz CT molecular complexity index is 1710. The van der Waals surface area contributed by atoms with Crippen molar-refractivity contribution in [2.24, 2.45) is 12.8 Å². The van der Waals surface area contributed by atoms with Gasteiger partial charge in [-0.25, -0.2) is 19.3 Å². The van der Waals surface area contributed by atoms with Crippen molar-refractivity contribution in [3.05, 3.63) is 80.9 Å². The van der Waals surface area contributed by atoms with Crippen LogP contribution in [0.1, 0.15) is 16.3 Å². The summed E-state index contributed by atoms with van der Waals surface area (Å²) in [5.41, 5.74) is 6.49. The van der Waals surface area contributed by atoms with Crippen molar-refractivity contribution >= 4 is 61.8 Å². The highest BCUT2D eigenvalue weighted by molar-refractivity contribution is 9.10. The Balaban J connectivity index is 0.00000484. The van der Waals surface area contributed by atoms with Gasteiger partial charge in [0, 0.05) is 24.2 Å². The summed E-state index contributed by atoms with van der Waals surface area (Å²) in [5.74, 6) is -1.79. The molecule has 1 aromatic carbocycles. The van der Waals surface area contributed by atoms with Crippen LogP contribution in [-0.4, -0.2) is 66.4 Å². The number of aromatic nitrogens is 5. The number of anilines is 3. The number of carbonyl (C=O) groups is 2. The first-order valence-corrected chi connectivity index (χ1v) is 12.8. The van der Waals surface area contributed by atoms with Gasteiger partial charge in [-0.1, -0.05) is 0 Å². The number of primary amides is 1. The number of benzene rings is 1. The minimum absolute atomic E-state index is 0. The van der Waals surface area contributed by atoms with Crippen molar-refractivity contribution in [2.75, 3.05) is 31.3 Å². The average Bonchev–Trinajstić information content (AvgIpc) is 3.22. The van der Waals surface area contributed by atoms with Gasteiger partial charge in [0.05, 0.1) is 36.8 Å². The van der Waals surface area contributed by atoms with Crippen molar-refractivity contribution in [1.82, 2.24) is 24.5 Å². The van der Waals surface area contributed by atoms with Gasteiger partial charge in [-0.2, -0.15) is 0 Å². The third-order valence-corrected chi connectivity index (χ3v) is 6.63. The van der Waals surface area contributed by atoms with E-state index in [4.69, 9.17) is 5.73 Å². The number of likely N-dealkylation sites (N-methyl/N-ethyl adjacent to an activating group) is 1. The van der Waals surface area contributed by atoms with Crippen molar-refractivity contribution in [1.29, 1.82) is 0 Å². The third-order valence-electron chi connectivity index (χ3n) is 5.99. The highest BCUT2D eigenvalue weighted by atomic mass is 79.9. The second kappa shape index (κ2) is 13.1. The molecule has 4 rings (SSSR count). The van der Waals surface area contributed by atoms with E-state index in [1.54, 1.807) is 38.4 Å². The van der Waals surface area contributed by atoms with Gasteiger partial charge in [-0.05, 0) is 56.2 Å². The molecule has 0 spiro atoms. The SMILES string of the molecule is Cn1c(C(N)=O)nc([N+](=O)[O-])c1C[N+](C)(C)C/C=C/C(=O)Nc1cc2c(Nc3ccc(Br)c(F)c3)ncnc2cn1.[Br-]. The van der Waals surface area contributed by atoms with E-state index in [0.29, 0.717) is 33.4 Å². The topological polar surface area (TPSA) is 184 Å². The zero-order valence-electron chi connectivity index (χ0n) is 22.5. The second-order valence-corrected chi connectivity index (χ2v) is 10.5. The number of nitrogens with zero attached hydrogens (tertiary/aromatic N) is 7. The highest BCUT2D eigenvalue weighted by Gasteiger charge is 2.32. The number of nitrogens with one attached hydrogen (secondary N) is 2. The number of quaternary nitrogens is 1. The molecule has 14 nitrogen and oxygen atoms in total. The van der Waals surface area contributed by atoms with Gasteiger partial charge in [-0.15, -0.1) is 0 Å². The first-order valence-electron chi connectivity index (χ1n) is 12.0. The second-order valence-electron chi connectivity index (χ2n) is 9.62. The lowest BCUT2D eigenvalue weighted by atomic mass is 10.2. The molecule has 220 valence electrons. The normalized spacial score (nSPS) is 11.4. The first-order chi connectivity index (χ1) is 19.3. The Morgan fingerprint density at radius 2 is 1.98 bits per heavy atom. The van der Waals surface area contributed by atoms with Crippen molar-refractivity contribution in [3.63, 3.8) is 0 Å². The third kappa shape index (κ3) is 7.48. The number of imidazole rings is 1. The number of carbonyl (C=O) groups excluding carboxylic acids is 2. The molecule has 0 unspecified atom stereocenters. The van der Waals surface area contributed by atoms with E-state index in [9.17, 15) is 24.1 Å². The summed E-state index contributed by atoms with van der Waals surface area (Å²) in [5, 5.41) is 17.7. The number of nitrogens with two attached hydrogens (primary N) is 1. The summed E-state index contributed by atoms with van der Waals surface area (Å²) >= 11 is 3.12. The molecule has 4 N–H and O–H groups in total. The predicted molar refractivity (Wildman–Crippen MR) is 152 cm³/mol. The standard InChI is InChI=1S/C25H24BrFN10O4.BrH/c1-35-19(24(36(40)41)34-25(35)22(28)39)12-37(2,3)8-4-5-21(38)33-20-10-15-18(11-29-20)30-13-31-23(15)32-14-6-7-16(26)17(27)9-14;/h4-7,9-11,13H,8,12H2,1-3H3,(H3-,28,29,30,31,32,33,34,38,39);1H/b5-4+;. The quantitative estimate of drug-likeness (QED) is 0.0896. The Hall–Kier alpha value is -4.35. The van der Waals surface area contributed by atoms with Crippen LogP contribution in [0.25, 0.3) is 10.9 Å². The summed E-state index contributed by atoms with van der Waals surface area (Å²) in [6, 6.07) is 6.15. The average molecular weight is 708 g/mol. The van der Waals surface area contributed by atoms with E-state index in [1.807, 2.05) is 0 Å². The van der Waals surface area contributed by atoms with E-state index >= 15 is 0 Å². The molecule has 0 aliphatic carbocycles. The fourth-order valence-electron chi connectivity index (χ4n) is 3.98. The summed E-state index contributed by atoms with van der Waals surface area (Å²) in [6.45, 7) is 0.460. The minimum atomic E-state index is -0.873. The molecule has 0 saturated carbocycles. The number of hydrogen-bond donors (Lipinski definition) is 3. The number of rotatable bonds is 10. The lowest BCUT2D eigenvalue weighted by molar-refractivity contribution is -0.898. The zero-order chi connectivity index (χ0) is 29.9. The van der Waals surface area contributed by atoms with Crippen molar-refractivity contribution in [2.45, 2.75) is 6.54 Å². The van der Waals surface area contributed by atoms with Crippen molar-refractivity contribution in [3.8, 4) is 0 Å². The smallest absolute Gasteiger partial charge is 0.391 e. The molecule has 2 amide bonds. The number of hydrogen-bond acceptors (Lipinski definition) is 9. The summed E-state index contributed by atoms with van der Waals surface area (Å²) in [6.07, 6.45) is 5.76. The molecule has 0 bridgehead atoms. The molecule has 0 atom stereocenters. The van der Waals surface area contributed by atoms with Gasteiger partial charge in [-0.3, -0.25) is 14.2 Å². The summed E-state index contributed by atoms with van der Waals surface area (Å²) in [7, 11) is 5.09. The first kappa shape index (κ1) is 32.2. The Kier molecular flexibility index (Phi) is 10.0. The molecule has 42 heavy (non-hydrogen) atoms. The van der Waals surface area contributed by atoms with Crippen LogP contribution < -0.4 is 33.3 Å². The Labute approximate surface area is 257 Å². The molecule has 3 heterocycles. The largest absolute Gasteiger partial charge is 1.00 e. The molecule has 4 aromatic rings. The highest BCUT2D eigenvalue weighted by Crippen LogP contribution is 2.27. The van der Waals surface area contributed by atoms with E-state index in [1.165, 1.54) is 36.3 Å². The molecule has 0 fully saturated rings. The van der Waals surface area contributed by atoms with Crippen LogP contribution in [0.5, 0.6) is 0 Å². The van der Waals surface area contributed by atoms with Crippen LogP contribution in [0.3, 0.4) is 0 Å². The van der Waals surface area contributed by atoms with E-state index in [0.717, 1.165) is 0 Å². The van der Waals surface area contributed by atoms with E-state index in [-0.39, 0.29) is 45.3 Å². The molecule has 0 aliphatic rings. The lowest BCUT2D eigenvalue weighted by Crippen LogP contribution is -3.00. The van der Waals surface area contributed by atoms with Crippen LogP contribution in [0.2, 0.25) is 0 Å². The van der Waals surface area contributed by atoms with Gasteiger partial charge in [0.15, 0.2) is 5.69 Å². The number of halogens is 3. The maximum absolute atomic E-state index is 14.0.